The van der Waals surface area contributed by atoms with E-state index in [1.807, 2.05) is 0 Å². The van der Waals surface area contributed by atoms with Gasteiger partial charge < -0.3 is 9.73 Å². The molecular formula is C11H11F2N3O. The van der Waals surface area contributed by atoms with Gasteiger partial charge in [-0.05, 0) is 13.8 Å². The molecule has 2 aromatic rings. The number of anilines is 1. The van der Waals surface area contributed by atoms with Crippen LogP contribution in [0.1, 0.15) is 24.6 Å². The van der Waals surface area contributed by atoms with Crippen LogP contribution in [0, 0.1) is 18.6 Å². The lowest BCUT2D eigenvalue weighted by Gasteiger charge is -2.11. The number of oxazole rings is 1. The standard InChI is InChI=1S/C11H11F2N3O/c1-6-4-15-11(17-6)7(2)16-10-9(13)3-8(12)5-14-10/h3-5,7H,1-2H3,(H,14,16). The molecule has 0 aliphatic heterocycles. The van der Waals surface area contributed by atoms with Crippen molar-refractivity contribution in [2.45, 2.75) is 19.9 Å². The number of pyridine rings is 1. The lowest BCUT2D eigenvalue weighted by Crippen LogP contribution is -2.10. The lowest BCUT2D eigenvalue weighted by atomic mass is 10.3. The Hall–Kier alpha value is -1.98. The number of hydrogen-bond donors (Lipinski definition) is 1. The van der Waals surface area contributed by atoms with E-state index in [0.717, 1.165) is 12.3 Å². The van der Waals surface area contributed by atoms with E-state index in [-0.39, 0.29) is 11.9 Å². The molecule has 0 bridgehead atoms. The predicted octanol–water partition coefficient (Wildman–Crippen LogP) is 2.83. The van der Waals surface area contributed by atoms with Gasteiger partial charge in [0.15, 0.2) is 11.6 Å². The van der Waals surface area contributed by atoms with E-state index in [2.05, 4.69) is 15.3 Å². The molecule has 4 nitrogen and oxygen atoms in total. The smallest absolute Gasteiger partial charge is 0.216 e. The number of rotatable bonds is 3. The Morgan fingerprint density at radius 3 is 2.65 bits per heavy atom. The van der Waals surface area contributed by atoms with Crippen molar-refractivity contribution in [1.82, 2.24) is 9.97 Å². The van der Waals surface area contributed by atoms with Crippen LogP contribution < -0.4 is 5.32 Å². The molecule has 0 saturated carbocycles. The highest BCUT2D eigenvalue weighted by Crippen LogP contribution is 2.19. The number of hydrogen-bond acceptors (Lipinski definition) is 4. The van der Waals surface area contributed by atoms with E-state index in [0.29, 0.717) is 11.7 Å². The molecule has 2 aromatic heterocycles. The molecule has 17 heavy (non-hydrogen) atoms. The van der Waals surface area contributed by atoms with Crippen LogP contribution in [0.15, 0.2) is 22.9 Å². The van der Waals surface area contributed by atoms with Crippen molar-refractivity contribution in [2.75, 3.05) is 5.32 Å². The van der Waals surface area contributed by atoms with Gasteiger partial charge in [0.25, 0.3) is 0 Å². The second-order valence-corrected chi connectivity index (χ2v) is 3.66. The average molecular weight is 239 g/mol. The SMILES string of the molecule is Cc1cnc(C(C)Nc2ncc(F)cc2F)o1. The molecule has 0 radical (unpaired) electrons. The Kier molecular flexibility index (Phi) is 3.03. The Morgan fingerprint density at radius 2 is 2.06 bits per heavy atom. The molecule has 6 heteroatoms. The summed E-state index contributed by atoms with van der Waals surface area (Å²) < 4.78 is 31.2. The van der Waals surface area contributed by atoms with Crippen molar-refractivity contribution in [3.05, 3.63) is 41.7 Å². The molecule has 1 N–H and O–H groups in total. The van der Waals surface area contributed by atoms with Crippen molar-refractivity contribution in [3.63, 3.8) is 0 Å². The second-order valence-electron chi connectivity index (χ2n) is 3.66. The number of halogens is 2. The summed E-state index contributed by atoms with van der Waals surface area (Å²) in [7, 11) is 0. The molecule has 0 fully saturated rings. The third-order valence-electron chi connectivity index (χ3n) is 2.17. The molecule has 2 rings (SSSR count). The van der Waals surface area contributed by atoms with Gasteiger partial charge in [-0.1, -0.05) is 0 Å². The van der Waals surface area contributed by atoms with Gasteiger partial charge in [-0.3, -0.25) is 0 Å². The second kappa shape index (κ2) is 4.48. The van der Waals surface area contributed by atoms with Gasteiger partial charge in [0, 0.05) is 6.07 Å². The molecule has 1 unspecified atom stereocenters. The Morgan fingerprint density at radius 1 is 1.29 bits per heavy atom. The van der Waals surface area contributed by atoms with Crippen LogP contribution in [0.25, 0.3) is 0 Å². The zero-order valence-electron chi connectivity index (χ0n) is 9.37. The van der Waals surface area contributed by atoms with E-state index < -0.39 is 11.6 Å². The number of nitrogens with zero attached hydrogens (tertiary/aromatic N) is 2. The first kappa shape index (κ1) is 11.5. The van der Waals surface area contributed by atoms with Crippen molar-refractivity contribution in [2.24, 2.45) is 0 Å². The fourth-order valence-electron chi connectivity index (χ4n) is 1.36. The molecule has 0 aliphatic carbocycles. The van der Waals surface area contributed by atoms with Gasteiger partial charge in [-0.15, -0.1) is 0 Å². The third-order valence-corrected chi connectivity index (χ3v) is 2.17. The molecule has 0 amide bonds. The van der Waals surface area contributed by atoms with Crippen molar-refractivity contribution in [1.29, 1.82) is 0 Å². The molecule has 0 aromatic carbocycles. The predicted molar refractivity (Wildman–Crippen MR) is 57.4 cm³/mol. The first-order chi connectivity index (χ1) is 8.06. The fourth-order valence-corrected chi connectivity index (χ4v) is 1.36. The molecule has 90 valence electrons. The normalized spacial score (nSPS) is 12.5. The summed E-state index contributed by atoms with van der Waals surface area (Å²) in [6.07, 6.45) is 2.51. The molecular weight excluding hydrogens is 228 g/mol. The van der Waals surface area contributed by atoms with Crippen molar-refractivity contribution >= 4 is 5.82 Å². The highest BCUT2D eigenvalue weighted by molar-refractivity contribution is 5.37. The fraction of sp³-hybridized carbons (Fsp3) is 0.273. The highest BCUT2D eigenvalue weighted by atomic mass is 19.1. The molecule has 0 spiro atoms. The maximum atomic E-state index is 13.3. The summed E-state index contributed by atoms with van der Waals surface area (Å²) in [5.41, 5.74) is 0. The number of aryl methyl sites for hydroxylation is 1. The van der Waals surface area contributed by atoms with Crippen LogP contribution in [0.3, 0.4) is 0 Å². The topological polar surface area (TPSA) is 51.0 Å². The van der Waals surface area contributed by atoms with Gasteiger partial charge in [-0.25, -0.2) is 18.7 Å². The number of nitrogens with one attached hydrogen (secondary N) is 1. The summed E-state index contributed by atoms with van der Waals surface area (Å²) in [5, 5.41) is 2.76. The first-order valence-electron chi connectivity index (χ1n) is 5.06. The minimum absolute atomic E-state index is 0.0326. The van der Waals surface area contributed by atoms with E-state index in [1.165, 1.54) is 0 Å². The van der Waals surface area contributed by atoms with Crippen LogP contribution in [0.2, 0.25) is 0 Å². The summed E-state index contributed by atoms with van der Waals surface area (Å²) in [4.78, 5) is 7.63. The summed E-state index contributed by atoms with van der Waals surface area (Å²) in [6.45, 7) is 3.51. The number of aromatic nitrogens is 2. The maximum absolute atomic E-state index is 13.3. The van der Waals surface area contributed by atoms with Gasteiger partial charge >= 0.3 is 0 Å². The van der Waals surface area contributed by atoms with Crippen molar-refractivity contribution < 1.29 is 13.2 Å². The average Bonchev–Trinajstić information content (AvgIpc) is 2.69. The Labute approximate surface area is 96.7 Å². The Balaban J connectivity index is 2.15. The minimum atomic E-state index is -0.750. The highest BCUT2D eigenvalue weighted by Gasteiger charge is 2.14. The summed E-state index contributed by atoms with van der Waals surface area (Å²) in [6, 6.07) is 0.416. The van der Waals surface area contributed by atoms with Crippen LogP contribution >= 0.6 is 0 Å². The minimum Gasteiger partial charge on any atom is -0.444 e. The zero-order chi connectivity index (χ0) is 12.4. The zero-order valence-corrected chi connectivity index (χ0v) is 9.37. The van der Waals surface area contributed by atoms with E-state index in [1.54, 1.807) is 20.0 Å². The first-order valence-corrected chi connectivity index (χ1v) is 5.06. The maximum Gasteiger partial charge on any atom is 0.216 e. The van der Waals surface area contributed by atoms with E-state index in [4.69, 9.17) is 4.42 Å². The lowest BCUT2D eigenvalue weighted by molar-refractivity contribution is 0.452. The third kappa shape index (κ3) is 2.58. The van der Waals surface area contributed by atoms with Crippen LogP contribution in [0.5, 0.6) is 0 Å². The van der Waals surface area contributed by atoms with E-state index in [9.17, 15) is 8.78 Å². The summed E-state index contributed by atoms with van der Waals surface area (Å²) in [5.74, 6) is -0.406. The van der Waals surface area contributed by atoms with E-state index >= 15 is 0 Å². The van der Waals surface area contributed by atoms with Crippen molar-refractivity contribution in [3.8, 4) is 0 Å². The monoisotopic (exact) mass is 239 g/mol. The van der Waals surface area contributed by atoms with Crippen LogP contribution in [-0.2, 0) is 0 Å². The quantitative estimate of drug-likeness (QED) is 0.894. The van der Waals surface area contributed by atoms with Gasteiger partial charge in [0.2, 0.25) is 5.89 Å². The molecule has 0 aliphatic rings. The van der Waals surface area contributed by atoms with Crippen LogP contribution in [-0.4, -0.2) is 9.97 Å². The molecule has 1 atom stereocenters. The molecule has 0 saturated heterocycles. The summed E-state index contributed by atoms with van der Waals surface area (Å²) >= 11 is 0. The van der Waals surface area contributed by atoms with Gasteiger partial charge in [0.05, 0.1) is 12.4 Å². The van der Waals surface area contributed by atoms with Crippen LogP contribution in [0.4, 0.5) is 14.6 Å². The largest absolute Gasteiger partial charge is 0.444 e. The van der Waals surface area contributed by atoms with Gasteiger partial charge in [-0.2, -0.15) is 0 Å². The molecule has 2 heterocycles. The van der Waals surface area contributed by atoms with Gasteiger partial charge in [0.1, 0.15) is 17.6 Å². The Bertz CT molecular complexity index is 527.